The Balaban J connectivity index is 1.51. The molecule has 0 aliphatic heterocycles. The van der Waals surface area contributed by atoms with Gasteiger partial charge in [-0.2, -0.15) is 0 Å². The van der Waals surface area contributed by atoms with Gasteiger partial charge >= 0.3 is 0 Å². The zero-order valence-corrected chi connectivity index (χ0v) is 15.1. The van der Waals surface area contributed by atoms with Crippen LogP contribution in [0.2, 0.25) is 0 Å². The zero-order valence-electron chi connectivity index (χ0n) is 15.1. The van der Waals surface area contributed by atoms with E-state index in [1.54, 1.807) is 7.11 Å². The third kappa shape index (κ3) is 5.28. The zero-order chi connectivity index (χ0) is 18.0. The van der Waals surface area contributed by atoms with Gasteiger partial charge < -0.3 is 14.2 Å². The molecule has 3 aromatic rings. The van der Waals surface area contributed by atoms with Gasteiger partial charge in [0.1, 0.15) is 5.75 Å². The minimum Gasteiger partial charge on any atom is -0.493 e. The van der Waals surface area contributed by atoms with E-state index in [-0.39, 0.29) is 0 Å². The molecule has 0 radical (unpaired) electrons. The normalized spacial score (nSPS) is 10.3. The summed E-state index contributed by atoms with van der Waals surface area (Å²) in [6.45, 7) is 1.23. The number of methoxy groups -OCH3 is 1. The van der Waals surface area contributed by atoms with Crippen molar-refractivity contribution >= 4 is 0 Å². The molecule has 26 heavy (non-hydrogen) atoms. The van der Waals surface area contributed by atoms with Crippen LogP contribution in [0.15, 0.2) is 78.9 Å². The van der Waals surface area contributed by atoms with Crippen LogP contribution in [0.3, 0.4) is 0 Å². The summed E-state index contributed by atoms with van der Waals surface area (Å²) in [6, 6.07) is 26.3. The van der Waals surface area contributed by atoms with Crippen molar-refractivity contribution in [1.82, 2.24) is 0 Å². The minimum absolute atomic E-state index is 0.606. The van der Waals surface area contributed by atoms with Crippen LogP contribution < -0.4 is 14.2 Å². The lowest BCUT2D eigenvalue weighted by Gasteiger charge is -2.13. The van der Waals surface area contributed by atoms with Gasteiger partial charge in [0.25, 0.3) is 0 Å². The number of hydrogen-bond acceptors (Lipinski definition) is 3. The van der Waals surface area contributed by atoms with E-state index in [9.17, 15) is 0 Å². The summed E-state index contributed by atoms with van der Waals surface area (Å²) in [5.74, 6) is 2.21. The summed E-state index contributed by atoms with van der Waals surface area (Å²) < 4.78 is 17.2. The van der Waals surface area contributed by atoms with Gasteiger partial charge in [-0.25, -0.2) is 0 Å². The van der Waals surface area contributed by atoms with Crippen LogP contribution in [0.4, 0.5) is 0 Å². The monoisotopic (exact) mass is 348 g/mol. The van der Waals surface area contributed by atoms with Crippen LogP contribution in [-0.4, -0.2) is 20.3 Å². The number of benzene rings is 3. The van der Waals surface area contributed by atoms with Crippen molar-refractivity contribution in [1.29, 1.82) is 0 Å². The van der Waals surface area contributed by atoms with E-state index in [0.29, 0.717) is 19.0 Å². The summed E-state index contributed by atoms with van der Waals surface area (Å²) in [6.07, 6.45) is 1.73. The summed E-state index contributed by atoms with van der Waals surface area (Å²) in [4.78, 5) is 0. The molecule has 3 heteroatoms. The number of ether oxygens (including phenoxy) is 3. The fraction of sp³-hybridized carbons (Fsp3) is 0.217. The van der Waals surface area contributed by atoms with E-state index in [1.807, 2.05) is 54.6 Å². The predicted octanol–water partition coefficient (Wildman–Crippen LogP) is 4.94. The van der Waals surface area contributed by atoms with E-state index in [0.717, 1.165) is 24.3 Å². The Morgan fingerprint density at radius 3 is 1.77 bits per heavy atom. The Hall–Kier alpha value is -2.94. The molecule has 0 aliphatic rings. The second kappa shape index (κ2) is 9.52. The van der Waals surface area contributed by atoms with Crippen molar-refractivity contribution in [3.8, 4) is 17.2 Å². The molecule has 0 unspecified atom stereocenters. The maximum atomic E-state index is 5.88. The van der Waals surface area contributed by atoms with Crippen LogP contribution in [0, 0.1) is 0 Å². The standard InChI is InChI=1S/C23H24O3/c1-24-23-18-21(25-16-14-19-8-4-2-5-9-19)12-13-22(23)26-17-15-20-10-6-3-7-11-20/h2-13,18H,14-17H2,1H3. The van der Waals surface area contributed by atoms with Gasteiger partial charge in [-0.05, 0) is 23.3 Å². The van der Waals surface area contributed by atoms with Gasteiger partial charge in [0.2, 0.25) is 0 Å². The second-order valence-corrected chi connectivity index (χ2v) is 5.98. The quantitative estimate of drug-likeness (QED) is 0.548. The lowest BCUT2D eigenvalue weighted by molar-refractivity contribution is 0.291. The SMILES string of the molecule is COc1cc(OCCc2ccccc2)ccc1OCCc1ccccc1. The van der Waals surface area contributed by atoms with Gasteiger partial charge in [0.05, 0.1) is 20.3 Å². The largest absolute Gasteiger partial charge is 0.493 e. The van der Waals surface area contributed by atoms with Crippen molar-refractivity contribution in [3.05, 3.63) is 90.0 Å². The van der Waals surface area contributed by atoms with Crippen LogP contribution >= 0.6 is 0 Å². The van der Waals surface area contributed by atoms with Gasteiger partial charge in [0, 0.05) is 18.9 Å². The molecular formula is C23H24O3. The first-order valence-electron chi connectivity index (χ1n) is 8.86. The molecular weight excluding hydrogens is 324 g/mol. The molecule has 3 rings (SSSR count). The van der Waals surface area contributed by atoms with Crippen molar-refractivity contribution in [3.63, 3.8) is 0 Å². The smallest absolute Gasteiger partial charge is 0.164 e. The topological polar surface area (TPSA) is 27.7 Å². The first-order valence-corrected chi connectivity index (χ1v) is 8.86. The molecule has 0 bridgehead atoms. The van der Waals surface area contributed by atoms with Gasteiger partial charge in [0.15, 0.2) is 11.5 Å². The molecule has 0 fully saturated rings. The molecule has 0 heterocycles. The second-order valence-electron chi connectivity index (χ2n) is 5.98. The van der Waals surface area contributed by atoms with E-state index >= 15 is 0 Å². The maximum absolute atomic E-state index is 5.88. The van der Waals surface area contributed by atoms with Gasteiger partial charge in [-0.15, -0.1) is 0 Å². The Morgan fingerprint density at radius 1 is 0.615 bits per heavy atom. The molecule has 0 saturated carbocycles. The summed E-state index contributed by atoms with van der Waals surface area (Å²) in [7, 11) is 1.65. The first-order chi connectivity index (χ1) is 12.8. The lowest BCUT2D eigenvalue weighted by Crippen LogP contribution is -2.04. The van der Waals surface area contributed by atoms with E-state index in [2.05, 4.69) is 24.3 Å². The molecule has 3 nitrogen and oxygen atoms in total. The van der Waals surface area contributed by atoms with Gasteiger partial charge in [-0.3, -0.25) is 0 Å². The molecule has 0 aromatic heterocycles. The highest BCUT2D eigenvalue weighted by molar-refractivity contribution is 5.45. The molecule has 0 atom stereocenters. The lowest BCUT2D eigenvalue weighted by atomic mass is 10.2. The highest BCUT2D eigenvalue weighted by atomic mass is 16.5. The fourth-order valence-electron chi connectivity index (χ4n) is 2.71. The Bertz CT molecular complexity index is 785. The molecule has 0 N–H and O–H groups in total. The highest BCUT2D eigenvalue weighted by Gasteiger charge is 2.07. The molecule has 0 spiro atoms. The van der Waals surface area contributed by atoms with E-state index in [4.69, 9.17) is 14.2 Å². The highest BCUT2D eigenvalue weighted by Crippen LogP contribution is 2.31. The third-order valence-corrected chi connectivity index (χ3v) is 4.13. The van der Waals surface area contributed by atoms with Crippen molar-refractivity contribution < 1.29 is 14.2 Å². The number of rotatable bonds is 9. The molecule has 0 saturated heterocycles. The Morgan fingerprint density at radius 2 is 1.19 bits per heavy atom. The molecule has 3 aromatic carbocycles. The molecule has 0 aliphatic carbocycles. The van der Waals surface area contributed by atoms with Crippen molar-refractivity contribution in [2.45, 2.75) is 12.8 Å². The van der Waals surface area contributed by atoms with Crippen LogP contribution in [0.25, 0.3) is 0 Å². The Kier molecular flexibility index (Phi) is 6.54. The summed E-state index contributed by atoms with van der Waals surface area (Å²) >= 11 is 0. The minimum atomic E-state index is 0.606. The third-order valence-electron chi connectivity index (χ3n) is 4.13. The van der Waals surface area contributed by atoms with E-state index < -0.39 is 0 Å². The number of hydrogen-bond donors (Lipinski definition) is 0. The average molecular weight is 348 g/mol. The van der Waals surface area contributed by atoms with Crippen LogP contribution in [0.1, 0.15) is 11.1 Å². The van der Waals surface area contributed by atoms with Crippen molar-refractivity contribution in [2.75, 3.05) is 20.3 Å². The van der Waals surface area contributed by atoms with Crippen LogP contribution in [-0.2, 0) is 12.8 Å². The summed E-state index contributed by atoms with van der Waals surface area (Å²) in [5, 5.41) is 0. The van der Waals surface area contributed by atoms with Crippen molar-refractivity contribution in [2.24, 2.45) is 0 Å². The summed E-state index contributed by atoms with van der Waals surface area (Å²) in [5.41, 5.74) is 2.52. The van der Waals surface area contributed by atoms with Crippen LogP contribution in [0.5, 0.6) is 17.2 Å². The fourth-order valence-corrected chi connectivity index (χ4v) is 2.71. The van der Waals surface area contributed by atoms with Gasteiger partial charge in [-0.1, -0.05) is 60.7 Å². The Labute approximate surface area is 155 Å². The molecule has 134 valence electrons. The molecule has 0 amide bonds. The van der Waals surface area contributed by atoms with E-state index in [1.165, 1.54) is 11.1 Å². The predicted molar refractivity (Wildman–Crippen MR) is 104 cm³/mol. The average Bonchev–Trinajstić information content (AvgIpc) is 2.70. The maximum Gasteiger partial charge on any atom is 0.164 e. The first kappa shape index (κ1) is 17.9.